The third-order valence-corrected chi connectivity index (χ3v) is 5.03. The Hall–Kier alpha value is -0.0800. The normalized spacial score (nSPS) is 32.1. The predicted molar refractivity (Wildman–Crippen MR) is 83.5 cm³/mol. The molecule has 0 amide bonds. The average Bonchev–Trinajstić information content (AvgIpc) is 2.89. The van der Waals surface area contributed by atoms with E-state index in [0.717, 1.165) is 17.9 Å². The third kappa shape index (κ3) is 5.43. The Balaban J connectivity index is 1.77. The van der Waals surface area contributed by atoms with Crippen molar-refractivity contribution in [2.24, 2.45) is 11.8 Å². The smallest absolute Gasteiger partial charge is 0.0195 e. The van der Waals surface area contributed by atoms with Gasteiger partial charge in [0, 0.05) is 19.1 Å². The number of hydrogen-bond donors (Lipinski definition) is 1. The lowest BCUT2D eigenvalue weighted by Crippen LogP contribution is -2.41. The van der Waals surface area contributed by atoms with Gasteiger partial charge in [0.25, 0.3) is 0 Å². The van der Waals surface area contributed by atoms with Gasteiger partial charge in [0.2, 0.25) is 0 Å². The van der Waals surface area contributed by atoms with Crippen molar-refractivity contribution in [1.29, 1.82) is 0 Å². The fourth-order valence-electron chi connectivity index (χ4n) is 3.95. The van der Waals surface area contributed by atoms with E-state index in [-0.39, 0.29) is 0 Å². The molecule has 2 aliphatic rings. The number of nitrogens with zero attached hydrogens (tertiary/aromatic N) is 1. The largest absolute Gasteiger partial charge is 0.313 e. The van der Waals surface area contributed by atoms with Gasteiger partial charge in [-0.1, -0.05) is 33.1 Å². The zero-order valence-corrected chi connectivity index (χ0v) is 13.2. The molecule has 1 saturated heterocycles. The summed E-state index contributed by atoms with van der Waals surface area (Å²) < 4.78 is 0. The molecule has 0 aromatic heterocycles. The Morgan fingerprint density at radius 1 is 1.11 bits per heavy atom. The highest BCUT2D eigenvalue weighted by atomic mass is 15.2. The summed E-state index contributed by atoms with van der Waals surface area (Å²) in [5, 5.41) is 3.67. The van der Waals surface area contributed by atoms with Crippen molar-refractivity contribution in [3.63, 3.8) is 0 Å². The quantitative estimate of drug-likeness (QED) is 0.756. The first-order valence-electron chi connectivity index (χ1n) is 8.73. The van der Waals surface area contributed by atoms with E-state index in [2.05, 4.69) is 24.1 Å². The summed E-state index contributed by atoms with van der Waals surface area (Å²) in [6.45, 7) is 9.98. The highest BCUT2D eigenvalue weighted by Gasteiger charge is 2.23. The highest BCUT2D eigenvalue weighted by molar-refractivity contribution is 4.80. The van der Waals surface area contributed by atoms with Crippen molar-refractivity contribution in [3.8, 4) is 0 Å². The molecular formula is C17H34N2. The molecule has 0 aromatic carbocycles. The molecule has 3 atom stereocenters. The first kappa shape index (κ1) is 15.3. The zero-order valence-electron chi connectivity index (χ0n) is 13.2. The number of rotatable bonds is 7. The van der Waals surface area contributed by atoms with E-state index in [9.17, 15) is 0 Å². The van der Waals surface area contributed by atoms with Gasteiger partial charge in [0.05, 0.1) is 0 Å². The molecule has 0 bridgehead atoms. The van der Waals surface area contributed by atoms with Crippen LogP contribution >= 0.6 is 0 Å². The van der Waals surface area contributed by atoms with Crippen LogP contribution in [0.4, 0.5) is 0 Å². The molecule has 0 radical (unpaired) electrons. The summed E-state index contributed by atoms with van der Waals surface area (Å²) in [5.74, 6) is 1.94. The van der Waals surface area contributed by atoms with Gasteiger partial charge >= 0.3 is 0 Å². The highest BCUT2D eigenvalue weighted by Crippen LogP contribution is 2.29. The molecule has 0 aromatic rings. The van der Waals surface area contributed by atoms with Crippen LogP contribution in [0.2, 0.25) is 0 Å². The minimum absolute atomic E-state index is 0.776. The Morgan fingerprint density at radius 2 is 2.00 bits per heavy atom. The van der Waals surface area contributed by atoms with Crippen LogP contribution in [0.1, 0.15) is 65.2 Å². The van der Waals surface area contributed by atoms with E-state index < -0.39 is 0 Å². The van der Waals surface area contributed by atoms with Crippen LogP contribution < -0.4 is 5.32 Å². The molecular weight excluding hydrogens is 232 g/mol. The van der Waals surface area contributed by atoms with Crippen LogP contribution in [0.25, 0.3) is 0 Å². The molecule has 1 aliphatic heterocycles. The molecule has 2 rings (SSSR count). The second-order valence-electron chi connectivity index (χ2n) is 7.04. The van der Waals surface area contributed by atoms with Crippen LogP contribution in [-0.4, -0.2) is 37.1 Å². The van der Waals surface area contributed by atoms with Gasteiger partial charge in [-0.15, -0.1) is 0 Å². The Kier molecular flexibility index (Phi) is 6.66. The van der Waals surface area contributed by atoms with Gasteiger partial charge in [-0.3, -0.25) is 0 Å². The van der Waals surface area contributed by atoms with E-state index in [1.807, 2.05) is 0 Å². The van der Waals surface area contributed by atoms with E-state index in [0.29, 0.717) is 0 Å². The third-order valence-electron chi connectivity index (χ3n) is 5.03. The zero-order chi connectivity index (χ0) is 13.5. The van der Waals surface area contributed by atoms with Crippen molar-refractivity contribution in [2.75, 3.05) is 26.2 Å². The van der Waals surface area contributed by atoms with Gasteiger partial charge in [-0.05, 0) is 57.0 Å². The first-order valence-corrected chi connectivity index (χ1v) is 8.73. The fourth-order valence-corrected chi connectivity index (χ4v) is 3.95. The topological polar surface area (TPSA) is 15.3 Å². The van der Waals surface area contributed by atoms with E-state index in [1.165, 1.54) is 77.5 Å². The summed E-state index contributed by atoms with van der Waals surface area (Å²) in [6.07, 6.45) is 11.4. The van der Waals surface area contributed by atoms with Gasteiger partial charge < -0.3 is 10.2 Å². The Bertz CT molecular complexity index is 235. The van der Waals surface area contributed by atoms with Crippen molar-refractivity contribution in [2.45, 2.75) is 71.3 Å². The SMILES string of the molecule is CCCCN(CC1CCCC(C)C1)CC1CCCN1. The molecule has 2 fully saturated rings. The first-order chi connectivity index (χ1) is 9.28. The maximum absolute atomic E-state index is 3.67. The van der Waals surface area contributed by atoms with Crippen molar-refractivity contribution >= 4 is 0 Å². The second-order valence-corrected chi connectivity index (χ2v) is 7.04. The van der Waals surface area contributed by atoms with Gasteiger partial charge in [0.1, 0.15) is 0 Å². The monoisotopic (exact) mass is 266 g/mol. The van der Waals surface area contributed by atoms with Gasteiger partial charge in [0.15, 0.2) is 0 Å². The molecule has 2 heteroatoms. The number of unbranched alkanes of at least 4 members (excludes halogenated alkanes) is 1. The number of hydrogen-bond acceptors (Lipinski definition) is 2. The lowest BCUT2D eigenvalue weighted by Gasteiger charge is -2.33. The minimum Gasteiger partial charge on any atom is -0.313 e. The average molecular weight is 266 g/mol. The van der Waals surface area contributed by atoms with Crippen LogP contribution in [0.5, 0.6) is 0 Å². The summed E-state index contributed by atoms with van der Waals surface area (Å²) in [6, 6.07) is 0.776. The maximum atomic E-state index is 3.67. The molecule has 1 saturated carbocycles. The minimum atomic E-state index is 0.776. The summed E-state index contributed by atoms with van der Waals surface area (Å²) in [4.78, 5) is 2.77. The lowest BCUT2D eigenvalue weighted by atomic mass is 9.82. The number of nitrogens with one attached hydrogen (secondary N) is 1. The van der Waals surface area contributed by atoms with Crippen molar-refractivity contribution in [1.82, 2.24) is 10.2 Å². The van der Waals surface area contributed by atoms with Crippen LogP contribution in [0.3, 0.4) is 0 Å². The van der Waals surface area contributed by atoms with E-state index in [4.69, 9.17) is 0 Å². The molecule has 1 heterocycles. The molecule has 19 heavy (non-hydrogen) atoms. The van der Waals surface area contributed by atoms with E-state index in [1.54, 1.807) is 0 Å². The van der Waals surface area contributed by atoms with Gasteiger partial charge in [-0.2, -0.15) is 0 Å². The van der Waals surface area contributed by atoms with E-state index >= 15 is 0 Å². The Labute approximate surface area is 120 Å². The summed E-state index contributed by atoms with van der Waals surface area (Å²) in [5.41, 5.74) is 0. The maximum Gasteiger partial charge on any atom is 0.0195 e. The molecule has 112 valence electrons. The van der Waals surface area contributed by atoms with Crippen LogP contribution in [0, 0.1) is 11.8 Å². The molecule has 3 unspecified atom stereocenters. The predicted octanol–water partition coefficient (Wildman–Crippen LogP) is 3.67. The molecule has 2 nitrogen and oxygen atoms in total. The molecule has 1 N–H and O–H groups in total. The molecule has 1 aliphatic carbocycles. The van der Waals surface area contributed by atoms with Crippen LogP contribution in [-0.2, 0) is 0 Å². The summed E-state index contributed by atoms with van der Waals surface area (Å²) in [7, 11) is 0. The Morgan fingerprint density at radius 3 is 2.68 bits per heavy atom. The van der Waals surface area contributed by atoms with Gasteiger partial charge in [-0.25, -0.2) is 0 Å². The fraction of sp³-hybridized carbons (Fsp3) is 1.00. The standard InChI is InChI=1S/C17H34N2/c1-3-4-11-19(14-17-9-6-10-18-17)13-16-8-5-7-15(2)12-16/h15-18H,3-14H2,1-2H3. The summed E-state index contributed by atoms with van der Waals surface area (Å²) >= 11 is 0. The molecule has 0 spiro atoms. The second kappa shape index (κ2) is 8.26. The van der Waals surface area contributed by atoms with Crippen molar-refractivity contribution in [3.05, 3.63) is 0 Å². The van der Waals surface area contributed by atoms with Crippen molar-refractivity contribution < 1.29 is 0 Å². The lowest BCUT2D eigenvalue weighted by molar-refractivity contribution is 0.167. The van der Waals surface area contributed by atoms with Crippen LogP contribution in [0.15, 0.2) is 0 Å².